The van der Waals surface area contributed by atoms with Gasteiger partial charge in [-0.3, -0.25) is 0 Å². The van der Waals surface area contributed by atoms with Crippen LogP contribution >= 0.6 is 23.5 Å². The number of hydroxylamine groups is 1. The van der Waals surface area contributed by atoms with Crippen LogP contribution in [0, 0.1) is 5.92 Å². The Kier molecular flexibility index (Phi) is 21.4. The molecule has 0 radical (unpaired) electrons. The fourth-order valence-electron chi connectivity index (χ4n) is 3.30. The quantitative estimate of drug-likeness (QED) is 0.174. The van der Waals surface area contributed by atoms with Gasteiger partial charge < -0.3 is 0 Å². The summed E-state index contributed by atoms with van der Waals surface area (Å²) in [5, 5.41) is 5.38. The van der Waals surface area contributed by atoms with Crippen LogP contribution in [-0.4, -0.2) is 53.4 Å². The number of thioether (sulfide) groups is 2. The van der Waals surface area contributed by atoms with Gasteiger partial charge in [0.15, 0.2) is 0 Å². The number of amides is 1. The molecule has 3 heterocycles. The SMILES string of the molecule is CCC1CC[I-]C(C)CON1.CCC1CC[I-]C(C)NC1=O.CCC1CC[I-]C(C)SCS1. The predicted octanol–water partition coefficient (Wildman–Crippen LogP) is -3.84. The van der Waals surface area contributed by atoms with Crippen molar-refractivity contribution in [3.63, 3.8) is 0 Å². The van der Waals surface area contributed by atoms with Crippen LogP contribution < -0.4 is 74.4 Å². The average Bonchev–Trinajstić information content (AvgIpc) is 2.93. The van der Waals surface area contributed by atoms with Crippen LogP contribution in [0.2, 0.25) is 0 Å². The molecule has 3 saturated heterocycles. The molecule has 0 aromatic heterocycles. The van der Waals surface area contributed by atoms with Crippen LogP contribution in [-0.2, 0) is 9.63 Å². The fraction of sp³-hybridized carbons (Fsp3) is 0.958. The Hall–Kier alpha value is 2.28. The van der Waals surface area contributed by atoms with Crippen LogP contribution in [0.4, 0.5) is 0 Å². The van der Waals surface area contributed by atoms with Crippen molar-refractivity contribution in [2.24, 2.45) is 5.92 Å². The molecule has 0 spiro atoms. The van der Waals surface area contributed by atoms with Gasteiger partial charge in [0.05, 0.1) is 0 Å². The summed E-state index contributed by atoms with van der Waals surface area (Å²) >= 11 is 5.53. The molecule has 0 aromatic carbocycles. The summed E-state index contributed by atoms with van der Waals surface area (Å²) in [6.07, 6.45) is 7.51. The Bertz CT molecular complexity index is 462. The Morgan fingerprint density at radius 2 is 1.64 bits per heavy atom. The Balaban J connectivity index is 0.000000247. The molecule has 3 rings (SSSR count). The third-order valence-corrected chi connectivity index (χ3v) is 18.7. The molecule has 3 fully saturated rings. The van der Waals surface area contributed by atoms with Crippen molar-refractivity contribution >= 4 is 29.4 Å². The first-order chi connectivity index (χ1) is 15.9. The molecule has 6 atom stereocenters. The maximum atomic E-state index is 11.4. The van der Waals surface area contributed by atoms with Gasteiger partial charge in [-0.25, -0.2) is 0 Å². The molecular weight excluding hydrogens is 793 g/mol. The summed E-state index contributed by atoms with van der Waals surface area (Å²) in [4.78, 5) is 16.7. The number of halogens is 3. The van der Waals surface area contributed by atoms with Gasteiger partial charge in [0.1, 0.15) is 0 Å². The standard InChI is InChI=1S/C8H17INO.C8H15INO.C8H16IS2/c1-3-8-4-5-9-7(2)6-11-10-8;1-3-7-4-5-9-6(2)10-8(7)11;1-3-8-4-5-9-7(2)10-6-11-8/h7-8,10H,3-6H2,1-2H3;6-7H,3-5H2,1-2H3,(H,10,11);7-8H,3-6H2,1-2H3/q3*-1. The minimum atomic E-state index is 0.232. The van der Waals surface area contributed by atoms with Crippen molar-refractivity contribution in [1.29, 1.82) is 0 Å². The van der Waals surface area contributed by atoms with Gasteiger partial charge in [-0.2, -0.15) is 0 Å². The third-order valence-electron chi connectivity index (χ3n) is 5.70. The topological polar surface area (TPSA) is 50.4 Å². The van der Waals surface area contributed by atoms with Crippen molar-refractivity contribution in [2.45, 2.75) is 103 Å². The zero-order chi connectivity index (χ0) is 24.5. The van der Waals surface area contributed by atoms with Crippen LogP contribution in [0.15, 0.2) is 0 Å². The zero-order valence-corrected chi connectivity index (χ0v) is 29.6. The van der Waals surface area contributed by atoms with Crippen LogP contribution in [0.25, 0.3) is 0 Å². The van der Waals surface area contributed by atoms with Gasteiger partial charge in [0, 0.05) is 0 Å². The Morgan fingerprint density at radius 3 is 2.33 bits per heavy atom. The van der Waals surface area contributed by atoms with Gasteiger partial charge >= 0.3 is 247 Å². The number of rotatable bonds is 3. The van der Waals surface area contributed by atoms with Gasteiger partial charge in [0.2, 0.25) is 0 Å². The van der Waals surface area contributed by atoms with E-state index in [0.29, 0.717) is 58.4 Å². The monoisotopic (exact) mass is 841 g/mol. The van der Waals surface area contributed by atoms with Crippen LogP contribution in [0.3, 0.4) is 0 Å². The maximum absolute atomic E-state index is 11.4. The molecular formula is C24H48I3N2O2S2-3. The zero-order valence-electron chi connectivity index (χ0n) is 21.5. The van der Waals surface area contributed by atoms with E-state index in [0.717, 1.165) is 31.9 Å². The van der Waals surface area contributed by atoms with E-state index < -0.39 is 0 Å². The molecule has 1 amide bonds. The third kappa shape index (κ3) is 16.7. The predicted molar refractivity (Wildman–Crippen MR) is 136 cm³/mol. The van der Waals surface area contributed by atoms with E-state index in [1.54, 1.807) is 4.43 Å². The fourth-order valence-corrected chi connectivity index (χ4v) is 16.0. The normalized spacial score (nSPS) is 34.5. The van der Waals surface area contributed by atoms with E-state index >= 15 is 0 Å². The second-order valence-electron chi connectivity index (χ2n) is 8.46. The number of nitrogens with one attached hydrogen (secondary N) is 2. The molecule has 3 aliphatic heterocycles. The van der Waals surface area contributed by atoms with Crippen LogP contribution in [0.5, 0.6) is 0 Å². The molecule has 6 unspecified atom stereocenters. The molecule has 0 bridgehead atoms. The molecule has 0 saturated carbocycles. The van der Waals surface area contributed by atoms with Gasteiger partial charge in [-0.1, -0.05) is 0 Å². The summed E-state index contributed by atoms with van der Waals surface area (Å²) in [5.41, 5.74) is 3.12. The number of carbonyl (C=O) groups excluding carboxylic acids is 1. The van der Waals surface area contributed by atoms with E-state index in [4.69, 9.17) is 4.84 Å². The molecule has 2 N–H and O–H groups in total. The second-order valence-corrected chi connectivity index (χ2v) is 24.0. The minimum absolute atomic E-state index is 0.232. The van der Waals surface area contributed by atoms with E-state index in [1.165, 1.54) is 39.6 Å². The summed E-state index contributed by atoms with van der Waals surface area (Å²) in [6.45, 7) is 14.4. The van der Waals surface area contributed by atoms with Crippen LogP contribution in [0.1, 0.15) is 80.1 Å². The molecule has 33 heavy (non-hydrogen) atoms. The van der Waals surface area contributed by atoms with Crippen molar-refractivity contribution < 1.29 is 73.2 Å². The molecule has 0 aliphatic carbocycles. The average molecular weight is 842 g/mol. The van der Waals surface area contributed by atoms with E-state index in [2.05, 4.69) is 75.9 Å². The van der Waals surface area contributed by atoms with E-state index in [1.807, 2.05) is 0 Å². The van der Waals surface area contributed by atoms with Gasteiger partial charge in [-0.15, -0.1) is 0 Å². The summed E-state index contributed by atoms with van der Waals surface area (Å²) in [7, 11) is 0. The van der Waals surface area contributed by atoms with Crippen molar-refractivity contribution in [1.82, 2.24) is 10.8 Å². The first-order valence-electron chi connectivity index (χ1n) is 12.5. The van der Waals surface area contributed by atoms with Crippen molar-refractivity contribution in [2.75, 3.05) is 25.0 Å². The van der Waals surface area contributed by atoms with Gasteiger partial charge in [0.25, 0.3) is 0 Å². The molecule has 202 valence electrons. The molecule has 9 heteroatoms. The first kappa shape index (κ1) is 33.3. The first-order valence-corrected chi connectivity index (χ1v) is 22.9. The summed E-state index contributed by atoms with van der Waals surface area (Å²) in [5.74, 6) is 0.594. The van der Waals surface area contributed by atoms with E-state index in [-0.39, 0.29) is 27.1 Å². The summed E-state index contributed by atoms with van der Waals surface area (Å²) in [6, 6.07) is 0.613. The van der Waals surface area contributed by atoms with E-state index in [9.17, 15) is 4.79 Å². The van der Waals surface area contributed by atoms with Crippen molar-refractivity contribution in [3.05, 3.63) is 0 Å². The summed E-state index contributed by atoms with van der Waals surface area (Å²) < 4.78 is 6.65. The number of hydrogen-bond donors (Lipinski definition) is 2. The molecule has 3 aliphatic rings. The molecule has 0 aromatic rings. The Labute approximate surface area is 244 Å². The Morgan fingerprint density at radius 1 is 0.909 bits per heavy atom. The van der Waals surface area contributed by atoms with Gasteiger partial charge in [-0.05, 0) is 0 Å². The number of alkyl halides is 6. The molecule has 4 nitrogen and oxygen atoms in total. The van der Waals surface area contributed by atoms with Crippen molar-refractivity contribution in [3.8, 4) is 0 Å². The number of carbonyl (C=O) groups is 1. The second kappa shape index (κ2) is 21.2. The number of hydrogen-bond acceptors (Lipinski definition) is 5.